The summed E-state index contributed by atoms with van der Waals surface area (Å²) in [6.07, 6.45) is 1.78. The first-order valence-electron chi connectivity index (χ1n) is 6.22. The minimum absolute atomic E-state index is 0.00639. The van der Waals surface area contributed by atoms with E-state index >= 15 is 0 Å². The summed E-state index contributed by atoms with van der Waals surface area (Å²) in [5.74, 6) is -0.00639. The normalized spacial score (nSPS) is 20.7. The zero-order chi connectivity index (χ0) is 12.9. The molecule has 100 valence electrons. The lowest BCUT2D eigenvalue weighted by Gasteiger charge is -2.46. The third-order valence-electron chi connectivity index (χ3n) is 2.94. The van der Waals surface area contributed by atoms with E-state index in [0.29, 0.717) is 26.2 Å². The molecule has 1 aliphatic rings. The van der Waals surface area contributed by atoms with E-state index < -0.39 is 5.60 Å². The fourth-order valence-corrected chi connectivity index (χ4v) is 2.34. The molecule has 0 spiro atoms. The number of β-amino-alcohol motifs (C(OH)–C–C–N with tert-alkyl or cyclic N) is 1. The van der Waals surface area contributed by atoms with Crippen molar-refractivity contribution in [3.05, 3.63) is 0 Å². The van der Waals surface area contributed by atoms with E-state index in [1.165, 1.54) is 0 Å². The van der Waals surface area contributed by atoms with Crippen LogP contribution in [0, 0.1) is 0 Å². The molecule has 5 nitrogen and oxygen atoms in total. The molecule has 0 bridgehead atoms. The van der Waals surface area contributed by atoms with Gasteiger partial charge in [0.05, 0.1) is 18.8 Å². The maximum Gasteiger partial charge on any atom is 0.234 e. The Labute approximate surface area is 103 Å². The number of likely N-dealkylation sites (tertiary alicyclic amines) is 1. The van der Waals surface area contributed by atoms with Gasteiger partial charge in [0.15, 0.2) is 0 Å². The average Bonchev–Trinajstić information content (AvgIpc) is 2.15. The first kappa shape index (κ1) is 14.4. The molecule has 2 N–H and O–H groups in total. The van der Waals surface area contributed by atoms with Crippen LogP contribution in [0.3, 0.4) is 0 Å². The Morgan fingerprint density at radius 1 is 1.59 bits per heavy atom. The van der Waals surface area contributed by atoms with Gasteiger partial charge in [-0.25, -0.2) is 0 Å². The van der Waals surface area contributed by atoms with Gasteiger partial charge in [0, 0.05) is 26.2 Å². The summed E-state index contributed by atoms with van der Waals surface area (Å²) in [4.78, 5) is 13.6. The topological polar surface area (TPSA) is 61.8 Å². The van der Waals surface area contributed by atoms with Crippen molar-refractivity contribution in [2.75, 3.05) is 33.4 Å². The Morgan fingerprint density at radius 3 is 2.76 bits per heavy atom. The van der Waals surface area contributed by atoms with Crippen molar-refractivity contribution < 1.29 is 14.6 Å². The van der Waals surface area contributed by atoms with Crippen molar-refractivity contribution in [3.63, 3.8) is 0 Å². The van der Waals surface area contributed by atoms with Crippen LogP contribution in [-0.2, 0) is 9.53 Å². The molecule has 1 saturated heterocycles. The predicted molar refractivity (Wildman–Crippen MR) is 65.8 cm³/mol. The van der Waals surface area contributed by atoms with Crippen molar-refractivity contribution >= 4 is 5.91 Å². The minimum atomic E-state index is -0.562. The monoisotopic (exact) mass is 244 g/mol. The molecular formula is C12H24N2O3. The number of amides is 1. The van der Waals surface area contributed by atoms with Gasteiger partial charge in [-0.2, -0.15) is 0 Å². The highest BCUT2D eigenvalue weighted by molar-refractivity contribution is 5.78. The maximum atomic E-state index is 11.6. The summed E-state index contributed by atoms with van der Waals surface area (Å²) in [6.45, 7) is 6.05. The second-order valence-electron chi connectivity index (χ2n) is 5.04. The number of rotatable bonds is 7. The summed E-state index contributed by atoms with van der Waals surface area (Å²) < 4.78 is 4.95. The molecule has 1 fully saturated rings. The fourth-order valence-electron chi connectivity index (χ4n) is 2.34. The Balaban J connectivity index is 2.17. The highest BCUT2D eigenvalue weighted by Gasteiger charge is 2.40. The molecule has 0 aromatic heterocycles. The molecule has 1 rings (SSSR count). The first-order valence-corrected chi connectivity index (χ1v) is 6.22. The van der Waals surface area contributed by atoms with Gasteiger partial charge in [-0.15, -0.1) is 0 Å². The third kappa shape index (κ3) is 4.61. The van der Waals surface area contributed by atoms with Crippen LogP contribution in [0.2, 0.25) is 0 Å². The Kier molecular flexibility index (Phi) is 5.36. The summed E-state index contributed by atoms with van der Waals surface area (Å²) in [7, 11) is 1.61. The lowest BCUT2D eigenvalue weighted by atomic mass is 9.89. The minimum Gasteiger partial charge on any atom is -0.387 e. The molecule has 1 unspecified atom stereocenters. The molecule has 1 aliphatic heterocycles. The van der Waals surface area contributed by atoms with Gasteiger partial charge in [-0.3, -0.25) is 9.69 Å². The molecule has 0 radical (unpaired) electrons. The highest BCUT2D eigenvalue weighted by atomic mass is 16.5. The largest absolute Gasteiger partial charge is 0.387 e. The molecule has 1 amide bonds. The van der Waals surface area contributed by atoms with Gasteiger partial charge < -0.3 is 15.2 Å². The van der Waals surface area contributed by atoms with Crippen LogP contribution in [0.25, 0.3) is 0 Å². The number of carbonyl (C=O) groups excluding carboxylic acids is 1. The summed E-state index contributed by atoms with van der Waals surface area (Å²) >= 11 is 0. The molecule has 0 saturated carbocycles. The number of carbonyl (C=O) groups is 1. The predicted octanol–water partition coefficient (Wildman–Crippen LogP) is -0.0157. The van der Waals surface area contributed by atoms with Crippen LogP contribution < -0.4 is 5.32 Å². The number of hydrogen-bond acceptors (Lipinski definition) is 4. The van der Waals surface area contributed by atoms with Gasteiger partial charge in [0.2, 0.25) is 5.91 Å². The van der Waals surface area contributed by atoms with E-state index in [0.717, 1.165) is 12.8 Å². The average molecular weight is 244 g/mol. The fraction of sp³-hybridized carbons (Fsp3) is 0.917. The smallest absolute Gasteiger partial charge is 0.234 e. The van der Waals surface area contributed by atoms with Gasteiger partial charge >= 0.3 is 0 Å². The van der Waals surface area contributed by atoms with Crippen LogP contribution in [0.5, 0.6) is 0 Å². The number of nitrogens with zero attached hydrogens (tertiary/aromatic N) is 1. The van der Waals surface area contributed by atoms with Crippen LogP contribution >= 0.6 is 0 Å². The molecule has 1 heterocycles. The van der Waals surface area contributed by atoms with E-state index in [4.69, 9.17) is 4.74 Å². The van der Waals surface area contributed by atoms with Crippen molar-refractivity contribution in [1.82, 2.24) is 10.2 Å². The van der Waals surface area contributed by atoms with Gasteiger partial charge in [0.1, 0.15) is 0 Å². The Bertz CT molecular complexity index is 252. The van der Waals surface area contributed by atoms with Crippen molar-refractivity contribution in [3.8, 4) is 0 Å². The second kappa shape index (κ2) is 6.33. The zero-order valence-electron chi connectivity index (χ0n) is 11.0. The van der Waals surface area contributed by atoms with E-state index in [2.05, 4.69) is 12.2 Å². The molecule has 17 heavy (non-hydrogen) atoms. The summed E-state index contributed by atoms with van der Waals surface area (Å²) in [5.41, 5.74) is -0.562. The van der Waals surface area contributed by atoms with E-state index in [9.17, 15) is 9.90 Å². The van der Waals surface area contributed by atoms with Gasteiger partial charge in [0.25, 0.3) is 0 Å². The van der Waals surface area contributed by atoms with Gasteiger partial charge in [-0.1, -0.05) is 13.3 Å². The van der Waals surface area contributed by atoms with Crippen LogP contribution in [-0.4, -0.2) is 60.9 Å². The highest BCUT2D eigenvalue weighted by Crippen LogP contribution is 2.24. The number of ether oxygens (including phenoxy) is 1. The molecule has 5 heteroatoms. The van der Waals surface area contributed by atoms with Crippen LogP contribution in [0.15, 0.2) is 0 Å². The van der Waals surface area contributed by atoms with E-state index in [-0.39, 0.29) is 11.9 Å². The second-order valence-corrected chi connectivity index (χ2v) is 5.04. The van der Waals surface area contributed by atoms with E-state index in [1.54, 1.807) is 7.11 Å². The zero-order valence-corrected chi connectivity index (χ0v) is 11.0. The molecule has 1 atom stereocenters. The lowest BCUT2D eigenvalue weighted by Crippen LogP contribution is -2.63. The Morgan fingerprint density at radius 2 is 2.24 bits per heavy atom. The lowest BCUT2D eigenvalue weighted by molar-refractivity contribution is -0.134. The van der Waals surface area contributed by atoms with E-state index in [1.807, 2.05) is 11.8 Å². The molecule has 0 aromatic rings. The standard InChI is InChI=1S/C12H24N2O3/c1-4-5-12(16)8-14(9-12)6-11(15)13-10(2)7-17-3/h10,16H,4-9H2,1-3H3,(H,13,15). The molecule has 0 aliphatic carbocycles. The maximum absolute atomic E-state index is 11.6. The van der Waals surface area contributed by atoms with Crippen LogP contribution in [0.4, 0.5) is 0 Å². The Hall–Kier alpha value is -0.650. The third-order valence-corrected chi connectivity index (χ3v) is 2.94. The van der Waals surface area contributed by atoms with Gasteiger partial charge in [-0.05, 0) is 13.3 Å². The number of hydrogen-bond donors (Lipinski definition) is 2. The summed E-state index contributed by atoms with van der Waals surface area (Å²) in [5, 5.41) is 12.8. The van der Waals surface area contributed by atoms with Crippen LogP contribution in [0.1, 0.15) is 26.7 Å². The van der Waals surface area contributed by atoms with Crippen molar-refractivity contribution in [2.24, 2.45) is 0 Å². The summed E-state index contributed by atoms with van der Waals surface area (Å²) in [6, 6.07) is 0.0308. The number of nitrogens with one attached hydrogen (secondary N) is 1. The van der Waals surface area contributed by atoms with Crippen molar-refractivity contribution in [1.29, 1.82) is 0 Å². The van der Waals surface area contributed by atoms with Crippen molar-refractivity contribution in [2.45, 2.75) is 38.3 Å². The molecular weight excluding hydrogens is 220 g/mol. The quantitative estimate of drug-likeness (QED) is 0.661. The SMILES string of the molecule is CCCC1(O)CN(CC(=O)NC(C)COC)C1. The number of aliphatic hydroxyl groups is 1. The molecule has 0 aromatic carbocycles. The first-order chi connectivity index (χ1) is 7.99. The number of methoxy groups -OCH3 is 1.